The molecular weight excluding hydrogens is 302 g/mol. The number of hydrogen-bond donors (Lipinski definition) is 1. The molecule has 1 atom stereocenters. The molecule has 0 saturated heterocycles. The lowest BCUT2D eigenvalue weighted by atomic mass is 10.0. The minimum absolute atomic E-state index is 0.120. The predicted octanol–water partition coefficient (Wildman–Crippen LogP) is 3.58. The molecule has 1 aromatic heterocycles. The van der Waals surface area contributed by atoms with Crippen molar-refractivity contribution in [3.05, 3.63) is 52.0 Å². The van der Waals surface area contributed by atoms with Crippen LogP contribution < -0.4 is 5.32 Å². The van der Waals surface area contributed by atoms with Gasteiger partial charge in [0.15, 0.2) is 0 Å². The van der Waals surface area contributed by atoms with Crippen molar-refractivity contribution >= 4 is 15.9 Å². The zero-order chi connectivity index (χ0) is 13.8. The molecule has 0 bridgehead atoms. The summed E-state index contributed by atoms with van der Waals surface area (Å²) in [4.78, 5) is 4.50. The van der Waals surface area contributed by atoms with Crippen molar-refractivity contribution in [1.29, 1.82) is 0 Å². The van der Waals surface area contributed by atoms with Gasteiger partial charge in [-0.2, -0.15) is 0 Å². The molecule has 0 fully saturated rings. The summed E-state index contributed by atoms with van der Waals surface area (Å²) >= 11 is 3.66. The topological polar surface area (TPSA) is 29.9 Å². The van der Waals surface area contributed by atoms with E-state index in [4.69, 9.17) is 0 Å². The number of nitrogens with zero attached hydrogens (tertiary/aromatic N) is 2. The van der Waals surface area contributed by atoms with E-state index in [0.717, 1.165) is 23.3 Å². The molecule has 3 nitrogen and oxygen atoms in total. The predicted molar refractivity (Wildman–Crippen MR) is 82.2 cm³/mol. The van der Waals surface area contributed by atoms with Gasteiger partial charge in [0.25, 0.3) is 0 Å². The van der Waals surface area contributed by atoms with E-state index in [2.05, 4.69) is 62.8 Å². The van der Waals surface area contributed by atoms with Crippen LogP contribution in [0.3, 0.4) is 0 Å². The number of imidazole rings is 1. The van der Waals surface area contributed by atoms with E-state index in [-0.39, 0.29) is 6.04 Å². The van der Waals surface area contributed by atoms with Crippen LogP contribution in [0, 0.1) is 6.92 Å². The normalized spacial score (nSPS) is 12.6. The maximum atomic E-state index is 4.50. The fraction of sp³-hybridized carbons (Fsp3) is 0.400. The second-order valence-corrected chi connectivity index (χ2v) is 5.66. The molecule has 102 valence electrons. The van der Waals surface area contributed by atoms with Gasteiger partial charge in [0.05, 0.1) is 6.04 Å². The lowest BCUT2D eigenvalue weighted by Crippen LogP contribution is -2.26. The first kappa shape index (κ1) is 14.3. The van der Waals surface area contributed by atoms with E-state index < -0.39 is 0 Å². The van der Waals surface area contributed by atoms with Gasteiger partial charge in [-0.1, -0.05) is 40.5 Å². The highest BCUT2D eigenvalue weighted by Crippen LogP contribution is 2.28. The van der Waals surface area contributed by atoms with Crippen molar-refractivity contribution in [3.8, 4) is 0 Å². The SMILES string of the molecule is CCCNC(c1cc(C)ccc1Br)c1nccn1C. The molecule has 2 aromatic rings. The standard InChI is InChI=1S/C15H20BrN3/c1-4-7-17-14(15-18-8-9-19(15)3)12-10-11(2)5-6-13(12)16/h5-6,8-10,14,17H,4,7H2,1-3H3. The molecule has 0 amide bonds. The van der Waals surface area contributed by atoms with Crippen molar-refractivity contribution in [3.63, 3.8) is 0 Å². The van der Waals surface area contributed by atoms with Crippen LogP contribution in [0.1, 0.15) is 36.3 Å². The van der Waals surface area contributed by atoms with Gasteiger partial charge in [-0.25, -0.2) is 4.98 Å². The molecule has 0 spiro atoms. The summed E-state index contributed by atoms with van der Waals surface area (Å²) in [5.74, 6) is 1.04. The third-order valence-corrected chi connectivity index (χ3v) is 3.90. The lowest BCUT2D eigenvalue weighted by Gasteiger charge is -2.20. The Balaban J connectivity index is 2.42. The van der Waals surface area contributed by atoms with Crippen LogP contribution in [0.15, 0.2) is 35.1 Å². The largest absolute Gasteiger partial charge is 0.336 e. The Bertz CT molecular complexity index is 548. The van der Waals surface area contributed by atoms with E-state index in [1.54, 1.807) is 0 Å². The van der Waals surface area contributed by atoms with Crippen LogP contribution in [0.25, 0.3) is 0 Å². The molecule has 1 heterocycles. The lowest BCUT2D eigenvalue weighted by molar-refractivity contribution is 0.554. The Morgan fingerprint density at radius 3 is 2.84 bits per heavy atom. The van der Waals surface area contributed by atoms with Crippen molar-refractivity contribution < 1.29 is 0 Å². The summed E-state index contributed by atoms with van der Waals surface area (Å²) in [6, 6.07) is 6.55. The number of aryl methyl sites for hydroxylation is 2. The van der Waals surface area contributed by atoms with E-state index in [0.29, 0.717) is 0 Å². The maximum absolute atomic E-state index is 4.50. The van der Waals surface area contributed by atoms with E-state index >= 15 is 0 Å². The second-order valence-electron chi connectivity index (χ2n) is 4.81. The number of hydrogen-bond acceptors (Lipinski definition) is 2. The van der Waals surface area contributed by atoms with Crippen LogP contribution in [0.2, 0.25) is 0 Å². The van der Waals surface area contributed by atoms with Gasteiger partial charge in [-0.05, 0) is 31.5 Å². The van der Waals surface area contributed by atoms with Crippen molar-refractivity contribution in [2.24, 2.45) is 7.05 Å². The molecule has 1 aromatic carbocycles. The number of benzene rings is 1. The molecule has 4 heteroatoms. The van der Waals surface area contributed by atoms with Crippen molar-refractivity contribution in [2.75, 3.05) is 6.54 Å². The van der Waals surface area contributed by atoms with Crippen LogP contribution >= 0.6 is 15.9 Å². The van der Waals surface area contributed by atoms with Crippen LogP contribution in [0.5, 0.6) is 0 Å². The highest BCUT2D eigenvalue weighted by Gasteiger charge is 2.19. The van der Waals surface area contributed by atoms with E-state index in [1.807, 2.05) is 19.4 Å². The number of aromatic nitrogens is 2. The van der Waals surface area contributed by atoms with Gasteiger partial charge >= 0.3 is 0 Å². The van der Waals surface area contributed by atoms with Gasteiger partial charge in [-0.3, -0.25) is 0 Å². The Labute approximate surface area is 123 Å². The Hall–Kier alpha value is -1.13. The minimum Gasteiger partial charge on any atom is -0.336 e. The van der Waals surface area contributed by atoms with Crippen molar-refractivity contribution in [1.82, 2.24) is 14.9 Å². The summed E-state index contributed by atoms with van der Waals surface area (Å²) in [5.41, 5.74) is 2.50. The third kappa shape index (κ3) is 3.25. The van der Waals surface area contributed by atoms with Crippen LogP contribution in [0.4, 0.5) is 0 Å². The molecule has 0 saturated carbocycles. The number of halogens is 1. The zero-order valence-electron chi connectivity index (χ0n) is 11.7. The van der Waals surface area contributed by atoms with Gasteiger partial charge in [-0.15, -0.1) is 0 Å². The smallest absolute Gasteiger partial charge is 0.130 e. The molecule has 0 aliphatic rings. The number of nitrogens with one attached hydrogen (secondary N) is 1. The molecule has 1 N–H and O–H groups in total. The molecule has 0 radical (unpaired) electrons. The van der Waals surface area contributed by atoms with Gasteiger partial charge < -0.3 is 9.88 Å². The second kappa shape index (κ2) is 6.35. The number of rotatable bonds is 5. The highest BCUT2D eigenvalue weighted by molar-refractivity contribution is 9.10. The Morgan fingerprint density at radius 2 is 2.21 bits per heavy atom. The first-order valence-corrected chi connectivity index (χ1v) is 7.39. The third-order valence-electron chi connectivity index (χ3n) is 3.18. The first-order chi connectivity index (χ1) is 9.13. The average Bonchev–Trinajstić information content (AvgIpc) is 2.80. The summed E-state index contributed by atoms with van der Waals surface area (Å²) in [7, 11) is 2.03. The van der Waals surface area contributed by atoms with Crippen molar-refractivity contribution in [2.45, 2.75) is 26.3 Å². The Morgan fingerprint density at radius 1 is 1.42 bits per heavy atom. The molecule has 1 unspecified atom stereocenters. The van der Waals surface area contributed by atoms with Crippen LogP contribution in [-0.4, -0.2) is 16.1 Å². The average molecular weight is 322 g/mol. The Kier molecular flexibility index (Phi) is 4.77. The minimum atomic E-state index is 0.120. The maximum Gasteiger partial charge on any atom is 0.130 e. The monoisotopic (exact) mass is 321 g/mol. The molecule has 0 aliphatic carbocycles. The van der Waals surface area contributed by atoms with E-state index in [1.165, 1.54) is 11.1 Å². The fourth-order valence-corrected chi connectivity index (χ4v) is 2.64. The first-order valence-electron chi connectivity index (χ1n) is 6.60. The summed E-state index contributed by atoms with van der Waals surface area (Å²) in [6.45, 7) is 5.26. The molecule has 2 rings (SSSR count). The summed E-state index contributed by atoms with van der Waals surface area (Å²) in [6.07, 6.45) is 4.93. The molecular formula is C15H20BrN3. The van der Waals surface area contributed by atoms with Crippen LogP contribution in [-0.2, 0) is 7.05 Å². The van der Waals surface area contributed by atoms with E-state index in [9.17, 15) is 0 Å². The zero-order valence-corrected chi connectivity index (χ0v) is 13.2. The summed E-state index contributed by atoms with van der Waals surface area (Å²) in [5, 5.41) is 3.58. The highest BCUT2D eigenvalue weighted by atomic mass is 79.9. The van der Waals surface area contributed by atoms with Gasteiger partial charge in [0.1, 0.15) is 5.82 Å². The molecule has 0 aliphatic heterocycles. The fourth-order valence-electron chi connectivity index (χ4n) is 2.17. The summed E-state index contributed by atoms with van der Waals surface area (Å²) < 4.78 is 3.19. The quantitative estimate of drug-likeness (QED) is 0.912. The van der Waals surface area contributed by atoms with Gasteiger partial charge in [0.2, 0.25) is 0 Å². The van der Waals surface area contributed by atoms with Gasteiger partial charge in [0, 0.05) is 23.9 Å². The molecule has 19 heavy (non-hydrogen) atoms.